The predicted octanol–water partition coefficient (Wildman–Crippen LogP) is 9.33. The Bertz CT molecular complexity index is 3180. The van der Waals surface area contributed by atoms with E-state index in [0.717, 1.165) is 68.2 Å². The van der Waals surface area contributed by atoms with Crippen molar-refractivity contribution in [2.45, 2.75) is 116 Å². The molecule has 2 aliphatic rings. The molecule has 0 saturated carbocycles. The van der Waals surface area contributed by atoms with Crippen LogP contribution in [0.15, 0.2) is 60.7 Å². The number of fused-ring (bicyclic) bond motifs is 4. The number of aliphatic hydroxyl groups excluding tert-OH is 1. The molecule has 2 aromatic carbocycles. The van der Waals surface area contributed by atoms with E-state index in [1.54, 1.807) is 21.2 Å². The molecule has 19 heteroatoms. The summed E-state index contributed by atoms with van der Waals surface area (Å²) < 4.78 is 70.6. The Balaban J connectivity index is 0.000000171. The van der Waals surface area contributed by atoms with Crippen molar-refractivity contribution in [1.29, 1.82) is 0 Å². The van der Waals surface area contributed by atoms with Crippen LogP contribution >= 0.6 is 0 Å². The Morgan fingerprint density at radius 3 is 1.48 bits per heavy atom. The molecule has 67 heavy (non-hydrogen) atoms. The van der Waals surface area contributed by atoms with Crippen LogP contribution in [0.1, 0.15) is 84.6 Å². The molecule has 14 nitrogen and oxygen atoms in total. The average molecular weight is 935 g/mol. The summed E-state index contributed by atoms with van der Waals surface area (Å²) in [6, 6.07) is 14.4. The van der Waals surface area contributed by atoms with E-state index >= 15 is 0 Å². The van der Waals surface area contributed by atoms with Gasteiger partial charge in [-0.1, -0.05) is 48.5 Å². The largest absolute Gasteiger partial charge is 0.416 e. The van der Waals surface area contributed by atoms with Gasteiger partial charge >= 0.3 is 0 Å². The standard InChI is InChI=1S/C27H34F2N6OSi.C21H20F2N6O/c1-26(2,3)37(6,7)36-16-27(4,5)25-32-31-22-13-12-20(33-35(22)25)24-23(30-21-9-8-14-34(21)24)18-11-10-17(28)15-19(18)29;1-21(2,11-30)20-26-25-17-8-7-15(27-29(17)20)19-18(24-16-4-3-9-28(16)19)13-6-5-12(22)10-14(13)23/h10-13,15H,8-9,14,16H2,1-7H3;5-8,10,30H,3-4,9,11H2,1-2H3. The van der Waals surface area contributed by atoms with Gasteiger partial charge in [-0.05, 0) is 79.5 Å². The van der Waals surface area contributed by atoms with Crippen LogP contribution in [0.2, 0.25) is 18.1 Å². The summed E-state index contributed by atoms with van der Waals surface area (Å²) in [5.74, 6) is 0.382. The first-order chi connectivity index (χ1) is 31.7. The minimum absolute atomic E-state index is 0.0931. The Kier molecular flexibility index (Phi) is 11.6. The van der Waals surface area contributed by atoms with Gasteiger partial charge in [-0.25, -0.2) is 27.5 Å². The van der Waals surface area contributed by atoms with E-state index in [2.05, 4.69) is 77.7 Å². The first kappa shape index (κ1) is 45.9. The minimum Gasteiger partial charge on any atom is -0.416 e. The van der Waals surface area contributed by atoms with E-state index in [9.17, 15) is 22.7 Å². The van der Waals surface area contributed by atoms with Gasteiger partial charge in [0.15, 0.2) is 31.3 Å². The Hall–Kier alpha value is -6.18. The van der Waals surface area contributed by atoms with Crippen molar-refractivity contribution in [3.63, 3.8) is 0 Å². The number of aliphatic hydroxyl groups is 1. The normalized spacial score (nSPS) is 14.2. The van der Waals surface area contributed by atoms with E-state index < -0.39 is 42.4 Å². The summed E-state index contributed by atoms with van der Waals surface area (Å²) in [4.78, 5) is 9.41. The minimum atomic E-state index is -1.97. The zero-order valence-corrected chi connectivity index (χ0v) is 40.2. The molecule has 1 N–H and O–H groups in total. The number of aryl methyl sites for hydroxylation is 2. The summed E-state index contributed by atoms with van der Waals surface area (Å²) in [6.07, 6.45) is 3.49. The van der Waals surface area contributed by atoms with Crippen molar-refractivity contribution in [2.75, 3.05) is 13.2 Å². The lowest BCUT2D eigenvalue weighted by Gasteiger charge is -2.38. The quantitative estimate of drug-likeness (QED) is 0.104. The third kappa shape index (κ3) is 8.34. The van der Waals surface area contributed by atoms with Gasteiger partial charge in [0.2, 0.25) is 0 Å². The Morgan fingerprint density at radius 1 is 0.612 bits per heavy atom. The highest BCUT2D eigenvalue weighted by Crippen LogP contribution is 2.40. The lowest BCUT2D eigenvalue weighted by atomic mass is 9.94. The molecule has 8 aromatic rings. The van der Waals surface area contributed by atoms with Gasteiger partial charge in [0.25, 0.3) is 0 Å². The van der Waals surface area contributed by atoms with Crippen LogP contribution in [0.5, 0.6) is 0 Å². The molecule has 0 amide bonds. The molecule has 0 atom stereocenters. The average Bonchev–Trinajstić information content (AvgIpc) is 4.13. The van der Waals surface area contributed by atoms with Crippen molar-refractivity contribution >= 4 is 19.6 Å². The van der Waals surface area contributed by atoms with Crippen LogP contribution in [0, 0.1) is 23.3 Å². The summed E-state index contributed by atoms with van der Waals surface area (Å²) in [7, 11) is -1.97. The number of aromatic nitrogens is 12. The highest BCUT2D eigenvalue weighted by Gasteiger charge is 2.40. The topological polar surface area (TPSA) is 151 Å². The molecular formula is C48H54F4N12O2Si. The number of halogens is 4. The summed E-state index contributed by atoms with van der Waals surface area (Å²) in [5, 5.41) is 36.7. The molecule has 0 fully saturated rings. The summed E-state index contributed by atoms with van der Waals surface area (Å²) in [6.45, 7) is 20.9. The van der Waals surface area contributed by atoms with Gasteiger partial charge in [-0.2, -0.15) is 19.2 Å². The van der Waals surface area contributed by atoms with Gasteiger partial charge in [-0.15, -0.1) is 20.4 Å². The number of benzene rings is 2. The second-order valence-electron chi connectivity index (χ2n) is 20.2. The van der Waals surface area contributed by atoms with E-state index in [1.807, 2.05) is 30.5 Å². The molecule has 8 heterocycles. The first-order valence-corrected chi connectivity index (χ1v) is 25.4. The molecule has 2 aliphatic heterocycles. The maximum atomic E-state index is 14.8. The van der Waals surface area contributed by atoms with Gasteiger partial charge in [0, 0.05) is 66.6 Å². The molecule has 0 saturated heterocycles. The maximum absolute atomic E-state index is 14.8. The second-order valence-corrected chi connectivity index (χ2v) is 25.0. The van der Waals surface area contributed by atoms with Crippen molar-refractivity contribution in [2.24, 2.45) is 0 Å². The van der Waals surface area contributed by atoms with E-state index in [0.29, 0.717) is 58.0 Å². The third-order valence-electron chi connectivity index (χ3n) is 13.2. The van der Waals surface area contributed by atoms with Gasteiger partial charge < -0.3 is 18.7 Å². The molecule has 0 bridgehead atoms. The van der Waals surface area contributed by atoms with Gasteiger partial charge in [0.1, 0.15) is 57.7 Å². The number of hydrogen-bond acceptors (Lipinski definition) is 10. The van der Waals surface area contributed by atoms with Crippen LogP contribution in [-0.4, -0.2) is 85.4 Å². The van der Waals surface area contributed by atoms with Gasteiger partial charge in [0.05, 0.1) is 18.0 Å². The van der Waals surface area contributed by atoms with Crippen molar-refractivity contribution in [1.82, 2.24) is 58.7 Å². The highest BCUT2D eigenvalue weighted by molar-refractivity contribution is 6.74. The highest BCUT2D eigenvalue weighted by atomic mass is 28.4. The number of rotatable bonds is 10. The monoisotopic (exact) mass is 934 g/mol. The van der Waals surface area contributed by atoms with Crippen molar-refractivity contribution in [3.05, 3.63) is 107 Å². The fourth-order valence-corrected chi connectivity index (χ4v) is 9.45. The van der Waals surface area contributed by atoms with Crippen LogP contribution in [0.25, 0.3) is 56.6 Å². The van der Waals surface area contributed by atoms with Crippen molar-refractivity contribution in [3.8, 4) is 45.3 Å². The fourth-order valence-electron chi connectivity index (χ4n) is 8.30. The molecule has 6 aromatic heterocycles. The molecular weight excluding hydrogens is 881 g/mol. The molecule has 0 radical (unpaired) electrons. The van der Waals surface area contributed by atoms with E-state index in [4.69, 9.17) is 19.6 Å². The molecule has 0 aliphatic carbocycles. The summed E-state index contributed by atoms with van der Waals surface area (Å²) >= 11 is 0. The number of imidazole rings is 2. The molecule has 0 spiro atoms. The second kappa shape index (κ2) is 16.9. The number of nitrogens with zero attached hydrogens (tertiary/aromatic N) is 12. The van der Waals surface area contributed by atoms with Crippen LogP contribution in [0.3, 0.4) is 0 Å². The lowest BCUT2D eigenvalue weighted by Crippen LogP contribution is -2.44. The summed E-state index contributed by atoms with van der Waals surface area (Å²) in [5.41, 5.74) is 4.07. The van der Waals surface area contributed by atoms with E-state index in [1.165, 1.54) is 24.3 Å². The molecule has 0 unspecified atom stereocenters. The zero-order valence-electron chi connectivity index (χ0n) is 39.2. The van der Waals surface area contributed by atoms with E-state index in [-0.39, 0.29) is 22.8 Å². The van der Waals surface area contributed by atoms with Crippen molar-refractivity contribution < 1.29 is 27.1 Å². The fraction of sp³-hybridized carbons (Fsp3) is 0.417. The predicted molar refractivity (Wildman–Crippen MR) is 248 cm³/mol. The van der Waals surface area contributed by atoms with Crippen LogP contribution in [-0.2, 0) is 41.2 Å². The smallest absolute Gasteiger partial charge is 0.192 e. The molecule has 350 valence electrons. The zero-order chi connectivity index (χ0) is 47.8. The SMILES string of the molecule is CC(C)(CO)c1nnc2ccc(-c3c(-c4ccc(F)cc4F)nc4n3CCC4)nn12.CC(C)(CO[Si](C)(C)C(C)(C)C)c1nnc2ccc(-c3c(-c4ccc(F)cc4F)nc4n3CCC4)nn12. The number of hydrogen-bond donors (Lipinski definition) is 1. The molecule has 10 rings (SSSR count). The van der Waals surface area contributed by atoms with Gasteiger partial charge in [-0.3, -0.25) is 0 Å². The lowest BCUT2D eigenvalue weighted by molar-refractivity contribution is 0.210. The maximum Gasteiger partial charge on any atom is 0.192 e. The Morgan fingerprint density at radius 2 is 1.06 bits per heavy atom. The van der Waals surface area contributed by atoms with Crippen LogP contribution < -0.4 is 0 Å². The first-order valence-electron chi connectivity index (χ1n) is 22.5. The third-order valence-corrected chi connectivity index (χ3v) is 17.7. The van der Waals surface area contributed by atoms with Crippen LogP contribution in [0.4, 0.5) is 17.6 Å². The Labute approximate surface area is 386 Å².